The molecule has 0 saturated heterocycles. The molecule has 0 aromatic heterocycles. The molecule has 0 heterocycles. The van der Waals surface area contributed by atoms with Gasteiger partial charge in [0.15, 0.2) is 19.7 Å². The van der Waals surface area contributed by atoms with Gasteiger partial charge in [-0.25, -0.2) is 33.6 Å². The van der Waals surface area contributed by atoms with E-state index in [9.17, 15) is 64.7 Å². The van der Waals surface area contributed by atoms with Gasteiger partial charge in [0.2, 0.25) is 0 Å². The van der Waals surface area contributed by atoms with Crippen molar-refractivity contribution >= 4 is 99.9 Å². The van der Waals surface area contributed by atoms with E-state index in [1.54, 1.807) is 0 Å². The number of anilines is 1. The van der Waals surface area contributed by atoms with E-state index < -0.39 is 129 Å². The van der Waals surface area contributed by atoms with Crippen LogP contribution >= 0.6 is 0 Å². The first kappa shape index (κ1) is 51.5. The molecule has 24 nitrogen and oxygen atoms in total. The number of hydrogen-bond acceptors (Lipinski definition) is 21. The van der Waals surface area contributed by atoms with Gasteiger partial charge in [-0.1, -0.05) is 5.75 Å². The molecule has 0 aliphatic carbocycles. The molecule has 4 rings (SSSR count). The summed E-state index contributed by atoms with van der Waals surface area (Å²) in [6.07, 6.45) is 0. The molecule has 5 N–H and O–H groups in total. The molecular weight excluding hydrogens is 925 g/mol. The van der Waals surface area contributed by atoms with E-state index in [0.717, 1.165) is 48.5 Å². The van der Waals surface area contributed by atoms with Gasteiger partial charge in [-0.15, -0.1) is 10.2 Å². The molecule has 0 fully saturated rings. The number of sulfone groups is 2. The van der Waals surface area contributed by atoms with Crippen LogP contribution in [0.2, 0.25) is 0 Å². The summed E-state index contributed by atoms with van der Waals surface area (Å²) in [6, 6.07) is 9.09. The summed E-state index contributed by atoms with van der Waals surface area (Å²) >= 11 is 0. The monoisotopic (exact) mass is 947 g/mol. The van der Waals surface area contributed by atoms with Crippen LogP contribution in [-0.2, 0) is 69.1 Å². The van der Waals surface area contributed by atoms with Gasteiger partial charge in [0, 0.05) is 5.39 Å². The first-order chi connectivity index (χ1) is 25.6. The maximum absolute atomic E-state index is 13.7. The molecule has 0 bridgehead atoms. The Kier molecular flexibility index (Phi) is 17.2. The van der Waals surface area contributed by atoms with Crippen LogP contribution in [0.4, 0.5) is 28.4 Å². The zero-order valence-electron chi connectivity index (χ0n) is 29.3. The summed E-state index contributed by atoms with van der Waals surface area (Å²) < 4.78 is 189. The second-order valence-electron chi connectivity index (χ2n) is 10.7. The number of fused-ring (bicyclic) bond motifs is 1. The van der Waals surface area contributed by atoms with Crippen LogP contribution in [0.15, 0.2) is 101 Å². The van der Waals surface area contributed by atoms with Gasteiger partial charge in [0.25, 0.3) is 10.1 Å². The van der Waals surface area contributed by atoms with Gasteiger partial charge in [-0.05, 0) is 66.0 Å². The number of nitrogen functional groups attached to an aromatic ring is 1. The zero-order chi connectivity index (χ0) is 42.1. The Morgan fingerprint density at radius 3 is 1.33 bits per heavy atom. The van der Waals surface area contributed by atoms with E-state index in [1.165, 1.54) is 0 Å². The number of azo groups is 2. The summed E-state index contributed by atoms with van der Waals surface area (Å²) in [4.78, 5) is -3.19. The van der Waals surface area contributed by atoms with Crippen LogP contribution < -0.4 is 70.0 Å². The fraction of sp³-hybridized carbons (Fsp3) is 0.154. The average molecular weight is 948 g/mol. The predicted molar refractivity (Wildman–Crippen MR) is 186 cm³/mol. The van der Waals surface area contributed by atoms with Gasteiger partial charge in [-0.2, -0.15) is 35.5 Å². The second kappa shape index (κ2) is 19.4. The Hall–Kier alpha value is -2.60. The van der Waals surface area contributed by atoms with Crippen LogP contribution in [0.25, 0.3) is 10.8 Å². The minimum Gasteiger partial charge on any atom is -0.870 e. The van der Waals surface area contributed by atoms with Gasteiger partial charge >= 0.3 is 79.9 Å². The Bertz CT molecular complexity index is 2750. The van der Waals surface area contributed by atoms with Crippen molar-refractivity contribution < 1.29 is 141 Å². The van der Waals surface area contributed by atoms with Crippen LogP contribution in [-0.4, -0.2) is 93.4 Å². The minimum absolute atomic E-state index is 0. The topological polar surface area (TPSA) is 406 Å². The van der Waals surface area contributed by atoms with Crippen molar-refractivity contribution in [3.05, 3.63) is 60.7 Å². The molecule has 0 amide bonds. The molecule has 0 unspecified atom stereocenters. The third kappa shape index (κ3) is 13.7. The molecule has 0 spiro atoms. The van der Waals surface area contributed by atoms with Gasteiger partial charge in [0.05, 0.1) is 62.2 Å². The molecule has 58 heavy (non-hydrogen) atoms. The summed E-state index contributed by atoms with van der Waals surface area (Å²) in [6.45, 7) is -1.85. The van der Waals surface area contributed by atoms with Crippen molar-refractivity contribution in [2.24, 2.45) is 20.5 Å². The van der Waals surface area contributed by atoms with Gasteiger partial charge in [0.1, 0.15) is 20.7 Å². The number of rotatable bonds is 16. The molecule has 32 heteroatoms. The average Bonchev–Trinajstić information content (AvgIpc) is 3.05. The molecular formula is C26H23N5Na2O19S6. The Morgan fingerprint density at radius 1 is 0.586 bits per heavy atom. The minimum atomic E-state index is -5.52. The zero-order valence-corrected chi connectivity index (χ0v) is 38.2. The maximum atomic E-state index is 13.7. The summed E-state index contributed by atoms with van der Waals surface area (Å²) in [5, 5.41) is 27.0. The largest absolute Gasteiger partial charge is 1.00 e. The first-order valence-electron chi connectivity index (χ1n) is 14.4. The Labute approximate surface area is 374 Å². The van der Waals surface area contributed by atoms with E-state index in [2.05, 4.69) is 28.8 Å². The number of benzene rings is 4. The van der Waals surface area contributed by atoms with E-state index in [0.29, 0.717) is 12.1 Å². The summed E-state index contributed by atoms with van der Waals surface area (Å²) in [5.74, 6) is -3.15. The first-order valence-corrected chi connectivity index (χ1v) is 23.2. The molecule has 4 aromatic rings. The quantitative estimate of drug-likeness (QED) is 0.0357. The second-order valence-corrected chi connectivity index (χ2v) is 19.9. The molecule has 0 aliphatic heterocycles. The molecule has 0 saturated carbocycles. The van der Waals surface area contributed by atoms with E-state index in [-0.39, 0.29) is 80.3 Å². The normalized spacial score (nSPS) is 13.1. The third-order valence-electron chi connectivity index (χ3n) is 6.93. The van der Waals surface area contributed by atoms with Crippen LogP contribution in [0.5, 0.6) is 5.75 Å². The molecule has 4 aromatic carbocycles. The summed E-state index contributed by atoms with van der Waals surface area (Å²) in [7, 11) is -29.0. The maximum Gasteiger partial charge on any atom is 1.00 e. The smallest absolute Gasteiger partial charge is 0.870 e. The predicted octanol–water partition coefficient (Wildman–Crippen LogP) is -4.33. The van der Waals surface area contributed by atoms with E-state index in [1.807, 2.05) is 0 Å². The molecule has 0 atom stereocenters. The van der Waals surface area contributed by atoms with E-state index in [4.69, 9.17) is 14.8 Å². The SMILES string of the molecule is Nc1c(N=Nc2ccc(S(=O)(=O)CCOS(=O)(=O)O)cc2)c(S(=O)(=O)[O-])cc2cc(S(=O)(=O)O)c(N=Nc3ccc(S(=O)(=O)CCOS(=O)(=O)O)cc3)c([O-])c12.[Na+].[Na+]. The fourth-order valence-corrected chi connectivity index (χ4v) is 8.76. The van der Waals surface area contributed by atoms with Gasteiger partial charge < -0.3 is 15.4 Å². The van der Waals surface area contributed by atoms with Crippen molar-refractivity contribution in [3.63, 3.8) is 0 Å². The van der Waals surface area contributed by atoms with E-state index >= 15 is 0 Å². The third-order valence-corrected chi connectivity index (χ3v) is 13.0. The van der Waals surface area contributed by atoms with Gasteiger partial charge in [-0.3, -0.25) is 13.7 Å². The molecule has 0 aliphatic rings. The van der Waals surface area contributed by atoms with Crippen LogP contribution in [0.1, 0.15) is 0 Å². The van der Waals surface area contributed by atoms with Crippen LogP contribution in [0, 0.1) is 0 Å². The Balaban J connectivity index is 0.00000580. The number of nitrogens with two attached hydrogens (primary N) is 1. The molecule has 304 valence electrons. The van der Waals surface area contributed by atoms with Crippen molar-refractivity contribution in [3.8, 4) is 5.75 Å². The van der Waals surface area contributed by atoms with Crippen LogP contribution in [0.3, 0.4) is 0 Å². The standard InChI is InChI=1S/C26H25N5O19S6.2Na/c27-23-22-15(13-20(53(37,38)39)24(23)30-28-16-1-5-18(6-2-16)51(33,34)11-9-49-55(43,44)45)14-21(54(40,41)42)25(26(22)32)31-29-17-3-7-19(8-4-17)52(35,36)12-10-50-56(46,47)48;;/h1-8,13-14,32H,9-12,27H2,(H,37,38,39)(H,40,41,42)(H,43,44,45)(H,46,47,48);;/q;2*+1/p-2. The van der Waals surface area contributed by atoms with Crippen molar-refractivity contribution in [2.45, 2.75) is 19.6 Å². The van der Waals surface area contributed by atoms with Crippen molar-refractivity contribution in [2.75, 3.05) is 30.5 Å². The number of nitrogens with zero attached hydrogens (tertiary/aromatic N) is 4. The summed E-state index contributed by atoms with van der Waals surface area (Å²) in [5.41, 5.74) is 2.82. The number of hydrogen-bond donors (Lipinski definition) is 4. The molecule has 0 radical (unpaired) electrons. The Morgan fingerprint density at radius 2 is 0.966 bits per heavy atom. The van der Waals surface area contributed by atoms with Crippen molar-refractivity contribution in [1.29, 1.82) is 0 Å². The van der Waals surface area contributed by atoms with Crippen molar-refractivity contribution in [1.82, 2.24) is 0 Å². The fourth-order valence-electron chi connectivity index (χ4n) is 4.47.